The summed E-state index contributed by atoms with van der Waals surface area (Å²) in [6.07, 6.45) is 3.05. The quantitative estimate of drug-likeness (QED) is 0.582. The number of carbonyl (C=O) groups is 2. The Morgan fingerprint density at radius 3 is 2.50 bits per heavy atom. The number of hydrogen-bond donors (Lipinski definition) is 2. The Balaban J connectivity index is 0.00000280. The first-order valence-electron chi connectivity index (χ1n) is 7.71. The first-order chi connectivity index (χ1) is 12.9. The van der Waals surface area contributed by atoms with Gasteiger partial charge in [-0.1, -0.05) is 23.2 Å². The zero-order valence-electron chi connectivity index (χ0n) is 13.7. The molecule has 0 radical (unpaired) electrons. The van der Waals surface area contributed by atoms with Crippen molar-refractivity contribution in [3.8, 4) is 5.75 Å². The molecule has 0 saturated carbocycles. The second-order valence-corrected chi connectivity index (χ2v) is 6.35. The number of carbonyl (C=O) groups excluding carboxylic acids is 1. The van der Waals surface area contributed by atoms with Crippen LogP contribution in [0.1, 0.15) is 26.3 Å². The molecule has 0 aliphatic carbocycles. The van der Waals surface area contributed by atoms with Crippen molar-refractivity contribution in [2.24, 2.45) is 0 Å². The molecule has 3 aromatic rings. The summed E-state index contributed by atoms with van der Waals surface area (Å²) < 4.78 is 10.5. The monoisotopic (exact) mass is 413 g/mol. The van der Waals surface area contributed by atoms with Crippen LogP contribution < -0.4 is 10.1 Å². The van der Waals surface area contributed by atoms with Crippen LogP contribution in [0.3, 0.4) is 0 Å². The molecule has 140 valence electrons. The molecule has 1 heterocycles. The Morgan fingerprint density at radius 2 is 1.86 bits per heavy atom. The van der Waals surface area contributed by atoms with Gasteiger partial charge in [0, 0.05) is 10.6 Å². The summed E-state index contributed by atoms with van der Waals surface area (Å²) >= 11 is 11.8. The van der Waals surface area contributed by atoms with Crippen LogP contribution in [0.2, 0.25) is 10.0 Å². The Morgan fingerprint density at radius 1 is 1.07 bits per heavy atom. The average molecular weight is 414 g/mol. The van der Waals surface area contributed by atoms with E-state index in [0.717, 1.165) is 5.56 Å². The van der Waals surface area contributed by atoms with Crippen molar-refractivity contribution < 1.29 is 23.8 Å². The van der Waals surface area contributed by atoms with E-state index in [1.807, 2.05) is 0 Å². The molecule has 28 heavy (non-hydrogen) atoms. The number of furan rings is 1. The Kier molecular flexibility index (Phi) is 7.61. The molecular formula is C19H14Cl2LiNO5. The van der Waals surface area contributed by atoms with Crippen molar-refractivity contribution in [1.29, 1.82) is 0 Å². The van der Waals surface area contributed by atoms with E-state index in [2.05, 4.69) is 5.32 Å². The number of carboxylic acid groups (broad SMARTS) is 1. The van der Waals surface area contributed by atoms with Gasteiger partial charge in [0.2, 0.25) is 0 Å². The summed E-state index contributed by atoms with van der Waals surface area (Å²) in [5.41, 5.74) is 0.992. The van der Waals surface area contributed by atoms with Gasteiger partial charge >= 0.3 is 24.8 Å². The van der Waals surface area contributed by atoms with E-state index in [1.165, 1.54) is 42.9 Å². The number of anilines is 1. The van der Waals surface area contributed by atoms with Crippen molar-refractivity contribution in [3.63, 3.8) is 0 Å². The normalized spacial score (nSPS) is 10.1. The fourth-order valence-corrected chi connectivity index (χ4v) is 2.80. The van der Waals surface area contributed by atoms with Crippen LogP contribution in [-0.4, -0.2) is 35.8 Å². The van der Waals surface area contributed by atoms with Crippen LogP contribution in [-0.2, 0) is 6.61 Å². The van der Waals surface area contributed by atoms with Crippen molar-refractivity contribution in [1.82, 2.24) is 0 Å². The van der Waals surface area contributed by atoms with E-state index < -0.39 is 11.9 Å². The van der Waals surface area contributed by atoms with Crippen LogP contribution in [0.4, 0.5) is 5.69 Å². The Hall–Kier alpha value is -2.36. The second kappa shape index (κ2) is 9.72. The van der Waals surface area contributed by atoms with E-state index in [0.29, 0.717) is 10.8 Å². The molecule has 0 aliphatic heterocycles. The van der Waals surface area contributed by atoms with Crippen LogP contribution >= 0.6 is 23.2 Å². The van der Waals surface area contributed by atoms with Gasteiger partial charge < -0.3 is 19.6 Å². The van der Waals surface area contributed by atoms with Gasteiger partial charge in [-0.2, -0.15) is 0 Å². The zero-order valence-corrected chi connectivity index (χ0v) is 15.3. The third-order valence-corrected chi connectivity index (χ3v) is 4.18. The van der Waals surface area contributed by atoms with Crippen molar-refractivity contribution >= 4 is 59.6 Å². The topological polar surface area (TPSA) is 88.8 Å². The van der Waals surface area contributed by atoms with E-state index in [1.54, 1.807) is 12.1 Å². The van der Waals surface area contributed by atoms with Crippen molar-refractivity contribution in [3.05, 3.63) is 81.7 Å². The number of halogens is 2. The predicted molar refractivity (Wildman–Crippen MR) is 108 cm³/mol. The maximum atomic E-state index is 12.4. The van der Waals surface area contributed by atoms with Crippen molar-refractivity contribution in [2.75, 3.05) is 5.32 Å². The van der Waals surface area contributed by atoms with Crippen LogP contribution in [0.5, 0.6) is 5.75 Å². The number of carboxylic acids is 1. The summed E-state index contributed by atoms with van der Waals surface area (Å²) in [7, 11) is 0. The number of hydrogen-bond acceptors (Lipinski definition) is 4. The molecule has 6 nitrogen and oxygen atoms in total. The molecule has 0 aliphatic rings. The van der Waals surface area contributed by atoms with Gasteiger partial charge in [-0.15, -0.1) is 0 Å². The molecule has 0 bridgehead atoms. The SMILES string of the molecule is O=C(Nc1ccc(OCc2ccoc2)cc1C(=O)O)c1ccc(Cl)cc1Cl.[LiH]. The standard InChI is InChI=1S/C19H13Cl2NO5.Li.H/c20-12-1-3-14(16(21)7-12)18(23)22-17-4-2-13(8-15(17)19(24)25)27-10-11-5-6-26-9-11;;/h1-9H,10H2,(H,22,23)(H,24,25);;. The molecule has 2 aromatic carbocycles. The molecule has 3 rings (SSSR count). The van der Waals surface area contributed by atoms with Gasteiger partial charge in [0.15, 0.2) is 0 Å². The van der Waals surface area contributed by atoms with Gasteiger partial charge in [-0.05, 0) is 42.5 Å². The van der Waals surface area contributed by atoms with Gasteiger partial charge in [-0.25, -0.2) is 4.79 Å². The van der Waals surface area contributed by atoms with E-state index >= 15 is 0 Å². The average Bonchev–Trinajstić information content (AvgIpc) is 3.14. The van der Waals surface area contributed by atoms with Gasteiger partial charge in [0.25, 0.3) is 5.91 Å². The fraction of sp³-hybridized carbons (Fsp3) is 0.0526. The van der Waals surface area contributed by atoms with E-state index in [-0.39, 0.29) is 47.3 Å². The first-order valence-corrected chi connectivity index (χ1v) is 8.47. The number of nitrogens with one attached hydrogen (secondary N) is 1. The maximum absolute atomic E-state index is 12.4. The molecular weight excluding hydrogens is 400 g/mol. The predicted octanol–water partition coefficient (Wildman–Crippen LogP) is 4.47. The Labute approximate surface area is 182 Å². The molecule has 0 atom stereocenters. The molecule has 0 spiro atoms. The van der Waals surface area contributed by atoms with Gasteiger partial charge in [0.05, 0.1) is 34.4 Å². The summed E-state index contributed by atoms with van der Waals surface area (Å²) in [6, 6.07) is 10.5. The number of benzene rings is 2. The fourth-order valence-electron chi connectivity index (χ4n) is 2.30. The minimum atomic E-state index is -1.21. The van der Waals surface area contributed by atoms with Gasteiger partial charge in [-0.3, -0.25) is 4.79 Å². The van der Waals surface area contributed by atoms with E-state index in [4.69, 9.17) is 32.4 Å². The van der Waals surface area contributed by atoms with Crippen LogP contribution in [0.15, 0.2) is 59.4 Å². The zero-order chi connectivity index (χ0) is 19.4. The first kappa shape index (κ1) is 21.9. The summed E-state index contributed by atoms with van der Waals surface area (Å²) in [6.45, 7) is 0.224. The summed E-state index contributed by atoms with van der Waals surface area (Å²) in [4.78, 5) is 24.0. The summed E-state index contributed by atoms with van der Waals surface area (Å²) in [5, 5.41) is 12.6. The molecule has 2 N–H and O–H groups in total. The molecule has 1 aromatic heterocycles. The number of rotatable bonds is 6. The number of amides is 1. The minimum absolute atomic E-state index is 0. The molecule has 0 saturated heterocycles. The molecule has 0 fully saturated rings. The number of aromatic carboxylic acids is 1. The number of ether oxygens (including phenoxy) is 1. The molecule has 9 heteroatoms. The Bertz CT molecular complexity index is 992. The van der Waals surface area contributed by atoms with Crippen LogP contribution in [0.25, 0.3) is 0 Å². The van der Waals surface area contributed by atoms with Crippen molar-refractivity contribution in [2.45, 2.75) is 6.61 Å². The van der Waals surface area contributed by atoms with Gasteiger partial charge in [0.1, 0.15) is 12.4 Å². The van der Waals surface area contributed by atoms with Crippen LogP contribution in [0, 0.1) is 0 Å². The third kappa shape index (κ3) is 5.34. The second-order valence-electron chi connectivity index (χ2n) is 5.51. The molecule has 0 unspecified atom stereocenters. The van der Waals surface area contributed by atoms with E-state index in [9.17, 15) is 14.7 Å². The molecule has 1 amide bonds. The third-order valence-electron chi connectivity index (χ3n) is 3.63. The summed E-state index contributed by atoms with van der Waals surface area (Å²) in [5.74, 6) is -1.41.